The number of ether oxygens (including phenoxy) is 1. The first-order chi connectivity index (χ1) is 5.63. The molecule has 0 fully saturated rings. The maximum Gasteiger partial charge on any atom is 0.262 e. The Morgan fingerprint density at radius 1 is 1.58 bits per heavy atom. The predicted molar refractivity (Wildman–Crippen MR) is 44.2 cm³/mol. The molecule has 72 valence electrons. The first-order valence-electron chi connectivity index (χ1n) is 3.69. The number of carbonyl (C=O) groups is 1. The standard InChI is InChI=1S/C7H16N2O3/c1-9(12-3)7(10)6(8)4-5-11-2/h6H,4-5,8H2,1-3H3. The van der Waals surface area contributed by atoms with E-state index in [2.05, 4.69) is 4.84 Å². The largest absolute Gasteiger partial charge is 0.385 e. The maximum atomic E-state index is 11.2. The first-order valence-corrected chi connectivity index (χ1v) is 3.69. The third-order valence-corrected chi connectivity index (χ3v) is 1.53. The van der Waals surface area contributed by atoms with Crippen LogP contribution in [0, 0.1) is 0 Å². The van der Waals surface area contributed by atoms with Gasteiger partial charge in [-0.3, -0.25) is 9.63 Å². The second kappa shape index (κ2) is 5.93. The van der Waals surface area contributed by atoms with E-state index in [0.717, 1.165) is 5.06 Å². The Morgan fingerprint density at radius 3 is 2.58 bits per heavy atom. The third-order valence-electron chi connectivity index (χ3n) is 1.53. The van der Waals surface area contributed by atoms with Gasteiger partial charge in [0.2, 0.25) is 0 Å². The second-order valence-electron chi connectivity index (χ2n) is 2.41. The lowest BCUT2D eigenvalue weighted by Crippen LogP contribution is -2.41. The summed E-state index contributed by atoms with van der Waals surface area (Å²) in [6.07, 6.45) is 0.503. The van der Waals surface area contributed by atoms with Gasteiger partial charge in [0.05, 0.1) is 13.2 Å². The fraction of sp³-hybridized carbons (Fsp3) is 0.857. The zero-order valence-corrected chi connectivity index (χ0v) is 7.74. The van der Waals surface area contributed by atoms with E-state index in [1.165, 1.54) is 14.2 Å². The van der Waals surface area contributed by atoms with Crippen molar-refractivity contribution in [2.75, 3.05) is 27.9 Å². The summed E-state index contributed by atoms with van der Waals surface area (Å²) in [5, 5.41) is 1.11. The number of nitrogens with two attached hydrogens (primary N) is 1. The molecule has 0 heterocycles. The van der Waals surface area contributed by atoms with Crippen molar-refractivity contribution in [2.24, 2.45) is 5.73 Å². The molecule has 0 bridgehead atoms. The van der Waals surface area contributed by atoms with Crippen LogP contribution in [-0.2, 0) is 14.4 Å². The number of hydroxylamine groups is 2. The van der Waals surface area contributed by atoms with Crippen LogP contribution in [0.2, 0.25) is 0 Å². The van der Waals surface area contributed by atoms with Crippen LogP contribution in [0.5, 0.6) is 0 Å². The summed E-state index contributed by atoms with van der Waals surface area (Å²) in [4.78, 5) is 15.9. The van der Waals surface area contributed by atoms with Crippen LogP contribution in [-0.4, -0.2) is 44.9 Å². The minimum Gasteiger partial charge on any atom is -0.385 e. The van der Waals surface area contributed by atoms with Gasteiger partial charge in [0, 0.05) is 20.8 Å². The molecule has 0 aliphatic rings. The molecule has 0 rings (SSSR count). The van der Waals surface area contributed by atoms with Crippen molar-refractivity contribution in [1.82, 2.24) is 5.06 Å². The lowest BCUT2D eigenvalue weighted by atomic mass is 10.2. The monoisotopic (exact) mass is 176 g/mol. The van der Waals surface area contributed by atoms with Crippen LogP contribution < -0.4 is 5.73 Å². The van der Waals surface area contributed by atoms with E-state index in [1.807, 2.05) is 0 Å². The Kier molecular flexibility index (Phi) is 5.61. The predicted octanol–water partition coefficient (Wildman–Crippen LogP) is -0.630. The van der Waals surface area contributed by atoms with Gasteiger partial charge in [0.25, 0.3) is 5.91 Å². The molecule has 0 saturated heterocycles. The van der Waals surface area contributed by atoms with Crippen LogP contribution in [0.4, 0.5) is 0 Å². The number of hydrogen-bond donors (Lipinski definition) is 1. The summed E-state index contributed by atoms with van der Waals surface area (Å²) in [5.41, 5.74) is 5.53. The molecule has 0 aromatic heterocycles. The number of nitrogens with zero attached hydrogens (tertiary/aromatic N) is 1. The van der Waals surface area contributed by atoms with Gasteiger partial charge in [-0.2, -0.15) is 0 Å². The molecule has 1 amide bonds. The minimum absolute atomic E-state index is 0.241. The number of carbonyl (C=O) groups excluding carboxylic acids is 1. The van der Waals surface area contributed by atoms with Gasteiger partial charge >= 0.3 is 0 Å². The Labute approximate surface area is 72.4 Å². The fourth-order valence-electron chi connectivity index (χ4n) is 0.692. The molecule has 0 spiro atoms. The highest BCUT2D eigenvalue weighted by Gasteiger charge is 2.17. The molecule has 12 heavy (non-hydrogen) atoms. The Balaban J connectivity index is 3.75. The molecule has 2 N–H and O–H groups in total. The minimum atomic E-state index is -0.546. The smallest absolute Gasteiger partial charge is 0.262 e. The topological polar surface area (TPSA) is 64.8 Å². The number of hydrogen-bond acceptors (Lipinski definition) is 4. The summed E-state index contributed by atoms with van der Waals surface area (Å²) >= 11 is 0. The molecule has 1 unspecified atom stereocenters. The van der Waals surface area contributed by atoms with E-state index in [-0.39, 0.29) is 5.91 Å². The molecule has 5 nitrogen and oxygen atoms in total. The van der Waals surface area contributed by atoms with E-state index in [0.29, 0.717) is 13.0 Å². The highest BCUT2D eigenvalue weighted by Crippen LogP contribution is 1.94. The summed E-state index contributed by atoms with van der Waals surface area (Å²) < 4.78 is 4.78. The molecule has 5 heteroatoms. The van der Waals surface area contributed by atoms with Gasteiger partial charge in [-0.05, 0) is 6.42 Å². The molecular formula is C7H16N2O3. The lowest BCUT2D eigenvalue weighted by molar-refractivity contribution is -0.170. The molecule has 0 radical (unpaired) electrons. The van der Waals surface area contributed by atoms with Crippen LogP contribution in [0.1, 0.15) is 6.42 Å². The van der Waals surface area contributed by atoms with E-state index in [9.17, 15) is 4.79 Å². The number of likely N-dealkylation sites (N-methyl/N-ethyl adjacent to an activating group) is 1. The van der Waals surface area contributed by atoms with Crippen molar-refractivity contribution >= 4 is 5.91 Å². The van der Waals surface area contributed by atoms with Crippen LogP contribution in [0.25, 0.3) is 0 Å². The lowest BCUT2D eigenvalue weighted by Gasteiger charge is -2.17. The van der Waals surface area contributed by atoms with Gasteiger partial charge < -0.3 is 10.5 Å². The Hall–Kier alpha value is -0.650. The molecule has 0 saturated carbocycles. The van der Waals surface area contributed by atoms with Crippen molar-refractivity contribution in [3.8, 4) is 0 Å². The van der Waals surface area contributed by atoms with E-state index in [4.69, 9.17) is 10.5 Å². The van der Waals surface area contributed by atoms with Crippen molar-refractivity contribution in [1.29, 1.82) is 0 Å². The molecular weight excluding hydrogens is 160 g/mol. The van der Waals surface area contributed by atoms with Gasteiger partial charge in [0.15, 0.2) is 0 Å². The van der Waals surface area contributed by atoms with Gasteiger partial charge in [-0.25, -0.2) is 5.06 Å². The SMILES string of the molecule is COCCC(N)C(=O)N(C)OC. The molecule has 0 aliphatic carbocycles. The van der Waals surface area contributed by atoms with E-state index in [1.54, 1.807) is 7.11 Å². The first kappa shape index (κ1) is 11.4. The van der Waals surface area contributed by atoms with Crippen LogP contribution in [0.3, 0.4) is 0 Å². The van der Waals surface area contributed by atoms with Gasteiger partial charge in [0.1, 0.15) is 0 Å². The summed E-state index contributed by atoms with van der Waals surface area (Å²) in [7, 11) is 4.51. The van der Waals surface area contributed by atoms with Crippen LogP contribution >= 0.6 is 0 Å². The summed E-state index contributed by atoms with van der Waals surface area (Å²) in [6.45, 7) is 0.477. The zero-order chi connectivity index (χ0) is 9.56. The van der Waals surface area contributed by atoms with Gasteiger partial charge in [-0.1, -0.05) is 0 Å². The van der Waals surface area contributed by atoms with Crippen molar-refractivity contribution in [3.05, 3.63) is 0 Å². The van der Waals surface area contributed by atoms with Crippen LogP contribution in [0.15, 0.2) is 0 Å². The zero-order valence-electron chi connectivity index (χ0n) is 7.74. The van der Waals surface area contributed by atoms with Crippen molar-refractivity contribution in [3.63, 3.8) is 0 Å². The quantitative estimate of drug-likeness (QED) is 0.566. The fourth-order valence-corrected chi connectivity index (χ4v) is 0.692. The summed E-state index contributed by atoms with van der Waals surface area (Å²) in [5.74, 6) is -0.241. The number of methoxy groups -OCH3 is 1. The normalized spacial score (nSPS) is 12.7. The Bertz CT molecular complexity index is 141. The number of rotatable bonds is 5. The van der Waals surface area contributed by atoms with Gasteiger partial charge in [-0.15, -0.1) is 0 Å². The third kappa shape index (κ3) is 3.66. The molecule has 1 atom stereocenters. The van der Waals surface area contributed by atoms with E-state index >= 15 is 0 Å². The van der Waals surface area contributed by atoms with E-state index < -0.39 is 6.04 Å². The van der Waals surface area contributed by atoms with Crippen molar-refractivity contribution < 1.29 is 14.4 Å². The highest BCUT2D eigenvalue weighted by atomic mass is 16.7. The molecule has 0 aliphatic heterocycles. The highest BCUT2D eigenvalue weighted by molar-refractivity contribution is 5.80. The van der Waals surface area contributed by atoms with Crippen molar-refractivity contribution in [2.45, 2.75) is 12.5 Å². The number of amides is 1. The average Bonchev–Trinajstić information content (AvgIpc) is 2.11. The summed E-state index contributed by atoms with van der Waals surface area (Å²) in [6, 6.07) is -0.546. The molecule has 0 aromatic carbocycles. The molecule has 0 aromatic rings. The average molecular weight is 176 g/mol. The Morgan fingerprint density at radius 2 is 2.17 bits per heavy atom. The second-order valence-corrected chi connectivity index (χ2v) is 2.41. The maximum absolute atomic E-state index is 11.2.